The average molecular weight is 515 g/mol. The van der Waals surface area contributed by atoms with Gasteiger partial charge in [-0.1, -0.05) is 140 Å². The zero-order valence-electron chi connectivity index (χ0n) is 21.2. The van der Waals surface area contributed by atoms with E-state index in [1.54, 1.807) is 0 Å². The van der Waals surface area contributed by atoms with Gasteiger partial charge in [-0.05, 0) is 38.9 Å². The molecular formula is C35H31ClN2. The van der Waals surface area contributed by atoms with E-state index in [1.165, 1.54) is 38.9 Å². The Morgan fingerprint density at radius 1 is 0.474 bits per heavy atom. The summed E-state index contributed by atoms with van der Waals surface area (Å²) in [4.78, 5) is 4.82. The van der Waals surface area contributed by atoms with Crippen LogP contribution in [0.4, 0.5) is 0 Å². The van der Waals surface area contributed by atoms with E-state index in [9.17, 15) is 0 Å². The molecule has 3 heteroatoms. The summed E-state index contributed by atoms with van der Waals surface area (Å²) in [6.07, 6.45) is 4.46. The van der Waals surface area contributed by atoms with E-state index >= 15 is 0 Å². The van der Waals surface area contributed by atoms with Gasteiger partial charge < -0.3 is 9.80 Å². The molecule has 1 aliphatic heterocycles. The topological polar surface area (TPSA) is 6.48 Å². The van der Waals surface area contributed by atoms with Crippen LogP contribution in [0.5, 0.6) is 0 Å². The van der Waals surface area contributed by atoms with Gasteiger partial charge in [0.1, 0.15) is 0 Å². The number of rotatable bonds is 7. The second-order valence-corrected chi connectivity index (χ2v) is 9.56. The molecule has 0 aliphatic carbocycles. The number of hydrogen-bond donors (Lipinski definition) is 0. The Labute approximate surface area is 231 Å². The van der Waals surface area contributed by atoms with Crippen LogP contribution in [0.1, 0.15) is 22.7 Å². The maximum atomic E-state index is 2.44. The van der Waals surface area contributed by atoms with Gasteiger partial charge in [0.25, 0.3) is 0 Å². The van der Waals surface area contributed by atoms with Gasteiger partial charge in [0.15, 0.2) is 0 Å². The lowest BCUT2D eigenvalue weighted by Gasteiger charge is -2.31. The number of nitrogens with zero attached hydrogens (tertiary/aromatic N) is 2. The van der Waals surface area contributed by atoms with Crippen LogP contribution in [0.25, 0.3) is 22.3 Å². The Balaban J connectivity index is 0.00000294. The van der Waals surface area contributed by atoms with Crippen molar-refractivity contribution < 1.29 is 0 Å². The predicted molar refractivity (Wildman–Crippen MR) is 161 cm³/mol. The van der Waals surface area contributed by atoms with Crippen molar-refractivity contribution in [3.05, 3.63) is 169 Å². The molecule has 38 heavy (non-hydrogen) atoms. The summed E-state index contributed by atoms with van der Waals surface area (Å²) < 4.78 is 0. The molecule has 5 aromatic carbocycles. The Morgan fingerprint density at radius 3 is 1.47 bits per heavy atom. The lowest BCUT2D eigenvalue weighted by atomic mass is 9.95. The van der Waals surface area contributed by atoms with Crippen LogP contribution >= 0.6 is 12.4 Å². The Bertz CT molecular complexity index is 1450. The van der Waals surface area contributed by atoms with Crippen molar-refractivity contribution in [2.24, 2.45) is 0 Å². The fourth-order valence-corrected chi connectivity index (χ4v) is 5.12. The van der Waals surface area contributed by atoms with Crippen molar-refractivity contribution in [1.82, 2.24) is 9.80 Å². The summed E-state index contributed by atoms with van der Waals surface area (Å²) in [5, 5.41) is 0. The molecule has 188 valence electrons. The van der Waals surface area contributed by atoms with Gasteiger partial charge in [-0.2, -0.15) is 0 Å². The van der Waals surface area contributed by atoms with Gasteiger partial charge in [-0.15, -0.1) is 12.4 Å². The fraction of sp³-hybridized carbons (Fsp3) is 0.0857. The first-order valence-corrected chi connectivity index (χ1v) is 12.9. The molecular weight excluding hydrogens is 484 g/mol. The molecule has 0 saturated carbocycles. The average Bonchev–Trinajstić information content (AvgIpc) is 3.43. The van der Waals surface area contributed by atoms with Crippen molar-refractivity contribution in [1.29, 1.82) is 0 Å². The van der Waals surface area contributed by atoms with Gasteiger partial charge in [0.2, 0.25) is 0 Å². The highest BCUT2D eigenvalue weighted by atomic mass is 35.5. The normalized spacial score (nSPS) is 13.3. The highest BCUT2D eigenvalue weighted by Crippen LogP contribution is 2.33. The minimum atomic E-state index is 0. The molecule has 0 spiro atoms. The lowest BCUT2D eigenvalue weighted by Crippen LogP contribution is -2.29. The standard InChI is InChI=1S/C35H30N2.ClH/c1-4-10-29(11-5-1)31-18-16-28(17-19-31)26-36-24-25-37(27-36)35(33-14-8-3-9-15-33)34-22-20-32(21-23-34)30-12-6-2-7-13-30;/h1-25,35H,26-27H2;1H. The SMILES string of the molecule is C1=CN(C(c2ccccc2)c2ccc(-c3ccccc3)cc2)CN1Cc1ccc(-c2ccccc2)cc1.Cl. The first-order chi connectivity index (χ1) is 18.3. The number of benzene rings is 5. The van der Waals surface area contributed by atoms with Gasteiger partial charge >= 0.3 is 0 Å². The van der Waals surface area contributed by atoms with E-state index in [2.05, 4.69) is 162 Å². The molecule has 0 N–H and O–H groups in total. The van der Waals surface area contributed by atoms with Gasteiger partial charge in [-0.25, -0.2) is 0 Å². The van der Waals surface area contributed by atoms with Crippen LogP contribution in [0, 0.1) is 0 Å². The zero-order valence-corrected chi connectivity index (χ0v) is 22.0. The molecule has 6 rings (SSSR count). The van der Waals surface area contributed by atoms with Crippen LogP contribution < -0.4 is 0 Å². The summed E-state index contributed by atoms with van der Waals surface area (Å²) in [6.45, 7) is 1.73. The molecule has 1 atom stereocenters. The third-order valence-electron chi connectivity index (χ3n) is 7.04. The van der Waals surface area contributed by atoms with Crippen molar-refractivity contribution in [3.63, 3.8) is 0 Å². The monoisotopic (exact) mass is 514 g/mol. The van der Waals surface area contributed by atoms with E-state index in [0.717, 1.165) is 13.2 Å². The highest BCUT2D eigenvalue weighted by molar-refractivity contribution is 5.85. The number of hydrogen-bond acceptors (Lipinski definition) is 2. The smallest absolute Gasteiger partial charge is 0.0906 e. The maximum Gasteiger partial charge on any atom is 0.0906 e. The van der Waals surface area contributed by atoms with E-state index < -0.39 is 0 Å². The highest BCUT2D eigenvalue weighted by Gasteiger charge is 2.24. The van der Waals surface area contributed by atoms with Crippen LogP contribution in [0.15, 0.2) is 152 Å². The molecule has 5 aromatic rings. The third kappa shape index (κ3) is 5.66. The minimum Gasteiger partial charge on any atom is -0.354 e. The quantitative estimate of drug-likeness (QED) is 0.214. The molecule has 1 unspecified atom stereocenters. The number of halogens is 1. The fourth-order valence-electron chi connectivity index (χ4n) is 5.12. The predicted octanol–water partition coefficient (Wildman–Crippen LogP) is 8.78. The lowest BCUT2D eigenvalue weighted by molar-refractivity contribution is 0.229. The summed E-state index contributed by atoms with van der Waals surface area (Å²) in [6, 6.07) is 50.1. The molecule has 2 nitrogen and oxygen atoms in total. The second-order valence-electron chi connectivity index (χ2n) is 9.56. The third-order valence-corrected chi connectivity index (χ3v) is 7.04. The summed E-state index contributed by atoms with van der Waals surface area (Å²) >= 11 is 0. The van der Waals surface area contributed by atoms with Crippen molar-refractivity contribution >= 4 is 12.4 Å². The molecule has 0 bridgehead atoms. The van der Waals surface area contributed by atoms with Crippen LogP contribution in [-0.2, 0) is 6.54 Å². The van der Waals surface area contributed by atoms with E-state index in [-0.39, 0.29) is 18.4 Å². The Hall–Kier alpha value is -4.27. The van der Waals surface area contributed by atoms with Crippen molar-refractivity contribution in [2.75, 3.05) is 6.67 Å². The van der Waals surface area contributed by atoms with E-state index in [1.807, 2.05) is 0 Å². The molecule has 0 fully saturated rings. The van der Waals surface area contributed by atoms with Gasteiger partial charge in [0, 0.05) is 18.9 Å². The summed E-state index contributed by atoms with van der Waals surface area (Å²) in [5.74, 6) is 0. The maximum absolute atomic E-state index is 2.44. The minimum absolute atomic E-state index is 0. The molecule has 0 saturated heterocycles. The first kappa shape index (κ1) is 25.4. The zero-order chi connectivity index (χ0) is 24.9. The van der Waals surface area contributed by atoms with Crippen LogP contribution in [0.3, 0.4) is 0 Å². The largest absolute Gasteiger partial charge is 0.354 e. The Kier molecular flexibility index (Phi) is 7.92. The van der Waals surface area contributed by atoms with Crippen LogP contribution in [-0.4, -0.2) is 16.5 Å². The molecule has 0 aromatic heterocycles. The van der Waals surface area contributed by atoms with Crippen LogP contribution in [0.2, 0.25) is 0 Å². The van der Waals surface area contributed by atoms with Crippen molar-refractivity contribution in [3.8, 4) is 22.3 Å². The van der Waals surface area contributed by atoms with E-state index in [0.29, 0.717) is 0 Å². The van der Waals surface area contributed by atoms with E-state index in [4.69, 9.17) is 0 Å². The van der Waals surface area contributed by atoms with Crippen molar-refractivity contribution in [2.45, 2.75) is 12.6 Å². The van der Waals surface area contributed by atoms with Gasteiger partial charge in [0.05, 0.1) is 12.7 Å². The first-order valence-electron chi connectivity index (χ1n) is 12.9. The summed E-state index contributed by atoms with van der Waals surface area (Å²) in [5.41, 5.74) is 8.91. The molecule has 0 radical (unpaired) electrons. The summed E-state index contributed by atoms with van der Waals surface area (Å²) in [7, 11) is 0. The molecule has 1 aliphatic rings. The second kappa shape index (κ2) is 11.9. The van der Waals surface area contributed by atoms with Gasteiger partial charge in [-0.3, -0.25) is 0 Å². The molecule has 1 heterocycles. The molecule has 0 amide bonds. The Morgan fingerprint density at radius 2 is 0.921 bits per heavy atom.